The molecule has 2 aromatic carbocycles. The van der Waals surface area contributed by atoms with Crippen LogP contribution in [0.4, 0.5) is 0 Å². The van der Waals surface area contributed by atoms with E-state index in [0.717, 1.165) is 39.1 Å². The number of rotatable bonds is 9. The Morgan fingerprint density at radius 3 is 2.14 bits per heavy atom. The molecule has 2 aromatic rings. The van der Waals surface area contributed by atoms with Gasteiger partial charge in [-0.05, 0) is 24.0 Å². The lowest BCUT2D eigenvalue weighted by Gasteiger charge is -2.38. The molecule has 1 unspecified atom stereocenters. The lowest BCUT2D eigenvalue weighted by atomic mass is 10.1. The van der Waals surface area contributed by atoms with Gasteiger partial charge in [0.15, 0.2) is 0 Å². The average Bonchev–Trinajstić information content (AvgIpc) is 2.74. The summed E-state index contributed by atoms with van der Waals surface area (Å²) in [7, 11) is 0. The van der Waals surface area contributed by atoms with Gasteiger partial charge in [0.2, 0.25) is 5.91 Å². The van der Waals surface area contributed by atoms with Crippen LogP contribution < -0.4 is 5.32 Å². The molecule has 1 atom stereocenters. The molecule has 0 spiro atoms. The average molecular weight is 382 g/mol. The van der Waals surface area contributed by atoms with Gasteiger partial charge in [-0.15, -0.1) is 0 Å². The van der Waals surface area contributed by atoms with Crippen LogP contribution in [0.2, 0.25) is 0 Å². The Morgan fingerprint density at radius 2 is 1.54 bits per heavy atom. The van der Waals surface area contributed by atoms with Crippen molar-refractivity contribution in [3.8, 4) is 0 Å². The summed E-state index contributed by atoms with van der Waals surface area (Å²) in [6, 6.07) is 20.4. The van der Waals surface area contributed by atoms with E-state index in [1.165, 1.54) is 11.1 Å². The molecule has 5 heteroatoms. The fourth-order valence-electron chi connectivity index (χ4n) is 3.77. The first kappa shape index (κ1) is 20.5. The summed E-state index contributed by atoms with van der Waals surface area (Å²) in [4.78, 5) is 17.4. The molecule has 0 bridgehead atoms. The lowest BCUT2D eigenvalue weighted by Crippen LogP contribution is -2.55. The van der Waals surface area contributed by atoms with E-state index in [0.29, 0.717) is 13.0 Å². The maximum Gasteiger partial charge on any atom is 0.237 e. The van der Waals surface area contributed by atoms with Crippen molar-refractivity contribution in [2.45, 2.75) is 25.4 Å². The van der Waals surface area contributed by atoms with E-state index in [2.05, 4.69) is 51.5 Å². The highest BCUT2D eigenvalue weighted by molar-refractivity contribution is 5.81. The van der Waals surface area contributed by atoms with Crippen molar-refractivity contribution in [3.63, 3.8) is 0 Å². The minimum absolute atomic E-state index is 0.0288. The van der Waals surface area contributed by atoms with Crippen LogP contribution in [0.1, 0.15) is 17.5 Å². The van der Waals surface area contributed by atoms with Crippen LogP contribution in [0.25, 0.3) is 0 Å². The highest BCUT2D eigenvalue weighted by Crippen LogP contribution is 2.13. The molecule has 3 rings (SSSR count). The molecule has 150 valence electrons. The highest BCUT2D eigenvalue weighted by Gasteiger charge is 2.28. The fraction of sp³-hybridized carbons (Fsp3) is 0.435. The Labute approximate surface area is 168 Å². The Kier molecular flexibility index (Phi) is 8.03. The molecule has 1 aliphatic heterocycles. The number of piperazine rings is 1. The number of hydrogen-bond donors (Lipinski definition) is 2. The molecule has 1 heterocycles. The van der Waals surface area contributed by atoms with Gasteiger partial charge in [-0.1, -0.05) is 60.7 Å². The van der Waals surface area contributed by atoms with Crippen molar-refractivity contribution in [1.29, 1.82) is 0 Å². The zero-order valence-corrected chi connectivity index (χ0v) is 16.5. The highest BCUT2D eigenvalue weighted by atomic mass is 16.3. The standard InChI is InChI=1S/C23H31N3O2/c27-18-12-22(23(28)24-13-11-20-7-3-1-4-8-20)26-16-14-25(15-17-26)19-21-9-5-2-6-10-21/h1-10,22,27H,11-19H2,(H,24,28). The molecule has 1 aliphatic rings. The molecule has 5 nitrogen and oxygen atoms in total. The van der Waals surface area contributed by atoms with Crippen molar-refractivity contribution in [3.05, 3.63) is 71.8 Å². The number of hydrogen-bond acceptors (Lipinski definition) is 4. The van der Waals surface area contributed by atoms with Crippen LogP contribution in [-0.4, -0.2) is 66.2 Å². The minimum atomic E-state index is -0.250. The monoisotopic (exact) mass is 381 g/mol. The molecule has 0 radical (unpaired) electrons. The van der Waals surface area contributed by atoms with Crippen molar-refractivity contribution >= 4 is 5.91 Å². The Bertz CT molecular complexity index is 700. The van der Waals surface area contributed by atoms with Gasteiger partial charge >= 0.3 is 0 Å². The number of nitrogens with one attached hydrogen (secondary N) is 1. The van der Waals surface area contributed by atoms with Crippen molar-refractivity contribution in [2.24, 2.45) is 0 Å². The van der Waals surface area contributed by atoms with Crippen LogP contribution in [0.5, 0.6) is 0 Å². The first-order chi connectivity index (χ1) is 13.8. The molecule has 1 amide bonds. The SMILES string of the molecule is O=C(NCCc1ccccc1)C(CCO)N1CCN(Cc2ccccc2)CC1. The van der Waals surface area contributed by atoms with Crippen molar-refractivity contribution in [2.75, 3.05) is 39.3 Å². The summed E-state index contributed by atoms with van der Waals surface area (Å²) in [5, 5.41) is 12.5. The summed E-state index contributed by atoms with van der Waals surface area (Å²) in [6.45, 7) is 5.18. The van der Waals surface area contributed by atoms with E-state index < -0.39 is 0 Å². The van der Waals surface area contributed by atoms with Crippen LogP contribution in [0.3, 0.4) is 0 Å². The van der Waals surface area contributed by atoms with E-state index in [1.54, 1.807) is 0 Å². The molecule has 0 aliphatic carbocycles. The zero-order chi connectivity index (χ0) is 19.6. The van der Waals surface area contributed by atoms with E-state index in [1.807, 2.05) is 24.3 Å². The molecule has 0 aromatic heterocycles. The molecule has 2 N–H and O–H groups in total. The summed E-state index contributed by atoms with van der Waals surface area (Å²) in [5.74, 6) is 0.0292. The second kappa shape index (κ2) is 11.0. The maximum absolute atomic E-state index is 12.7. The van der Waals surface area contributed by atoms with Crippen LogP contribution in [0, 0.1) is 0 Å². The van der Waals surface area contributed by atoms with Gasteiger partial charge in [0.1, 0.15) is 0 Å². The number of carbonyl (C=O) groups is 1. The van der Waals surface area contributed by atoms with Crippen LogP contribution in [-0.2, 0) is 17.8 Å². The topological polar surface area (TPSA) is 55.8 Å². The molecule has 0 saturated carbocycles. The molecular formula is C23H31N3O2. The van der Waals surface area contributed by atoms with Crippen molar-refractivity contribution in [1.82, 2.24) is 15.1 Å². The predicted molar refractivity (Wildman–Crippen MR) is 112 cm³/mol. The van der Waals surface area contributed by atoms with Gasteiger partial charge in [0.05, 0.1) is 6.04 Å². The van der Waals surface area contributed by atoms with Crippen molar-refractivity contribution < 1.29 is 9.90 Å². The largest absolute Gasteiger partial charge is 0.396 e. The second-order valence-corrected chi connectivity index (χ2v) is 7.35. The van der Waals surface area contributed by atoms with Gasteiger partial charge in [0, 0.05) is 45.9 Å². The number of carbonyl (C=O) groups excluding carboxylic acids is 1. The lowest BCUT2D eigenvalue weighted by molar-refractivity contribution is -0.127. The third-order valence-electron chi connectivity index (χ3n) is 5.36. The molecule has 1 fully saturated rings. The predicted octanol–water partition coefficient (Wildman–Crippen LogP) is 1.91. The zero-order valence-electron chi connectivity index (χ0n) is 16.5. The Morgan fingerprint density at radius 1 is 0.929 bits per heavy atom. The van der Waals surface area contributed by atoms with Crippen LogP contribution >= 0.6 is 0 Å². The summed E-state index contributed by atoms with van der Waals surface area (Å²) in [6.07, 6.45) is 1.30. The quantitative estimate of drug-likeness (QED) is 0.697. The van der Waals surface area contributed by atoms with Gasteiger partial charge in [-0.3, -0.25) is 14.6 Å². The van der Waals surface area contributed by atoms with E-state index in [9.17, 15) is 9.90 Å². The van der Waals surface area contributed by atoms with Gasteiger partial charge < -0.3 is 10.4 Å². The van der Waals surface area contributed by atoms with Gasteiger partial charge in [0.25, 0.3) is 0 Å². The van der Waals surface area contributed by atoms with Gasteiger partial charge in [-0.2, -0.15) is 0 Å². The summed E-state index contributed by atoms with van der Waals surface area (Å²) in [5.41, 5.74) is 2.54. The van der Waals surface area contributed by atoms with E-state index in [4.69, 9.17) is 0 Å². The number of aliphatic hydroxyl groups is 1. The third kappa shape index (κ3) is 6.16. The van der Waals surface area contributed by atoms with Crippen LogP contribution in [0.15, 0.2) is 60.7 Å². The third-order valence-corrected chi connectivity index (χ3v) is 5.36. The van der Waals surface area contributed by atoms with E-state index >= 15 is 0 Å². The number of amides is 1. The number of aliphatic hydroxyl groups excluding tert-OH is 1. The van der Waals surface area contributed by atoms with E-state index in [-0.39, 0.29) is 18.6 Å². The maximum atomic E-state index is 12.7. The molecular weight excluding hydrogens is 350 g/mol. The normalized spacial score (nSPS) is 16.6. The first-order valence-electron chi connectivity index (χ1n) is 10.2. The smallest absolute Gasteiger partial charge is 0.237 e. The fourth-order valence-corrected chi connectivity index (χ4v) is 3.77. The molecule has 1 saturated heterocycles. The first-order valence-corrected chi connectivity index (χ1v) is 10.2. The Hall–Kier alpha value is -2.21. The summed E-state index contributed by atoms with van der Waals surface area (Å²) >= 11 is 0. The Balaban J connectivity index is 1.46. The number of nitrogens with zero attached hydrogens (tertiary/aromatic N) is 2. The van der Waals surface area contributed by atoms with Gasteiger partial charge in [-0.25, -0.2) is 0 Å². The second-order valence-electron chi connectivity index (χ2n) is 7.35. The summed E-state index contributed by atoms with van der Waals surface area (Å²) < 4.78 is 0. The minimum Gasteiger partial charge on any atom is -0.396 e. The number of benzene rings is 2. The molecule has 28 heavy (non-hydrogen) atoms.